The molecule has 0 fully saturated rings. The smallest absolute Gasteiger partial charge is 0.124 e. The fourth-order valence-electron chi connectivity index (χ4n) is 1.86. The molecule has 0 aliphatic carbocycles. The van der Waals surface area contributed by atoms with Crippen molar-refractivity contribution in [2.45, 2.75) is 13.1 Å². The Hall–Kier alpha value is -1.24. The number of nitrogens with zero attached hydrogens (tertiary/aromatic N) is 2. The van der Waals surface area contributed by atoms with Gasteiger partial charge in [-0.1, -0.05) is 22.0 Å². The minimum atomic E-state index is -0.243. The molecule has 2 aromatic rings. The number of methoxy groups -OCH3 is 1. The topological polar surface area (TPSA) is 39.1 Å². The Labute approximate surface area is 126 Å². The molecule has 0 spiro atoms. The Kier molecular flexibility index (Phi) is 5.70. The number of aromatic nitrogens is 2. The number of rotatable bonds is 7. The van der Waals surface area contributed by atoms with E-state index in [0.29, 0.717) is 19.7 Å². The van der Waals surface area contributed by atoms with E-state index in [4.69, 9.17) is 4.74 Å². The second-order valence-corrected chi connectivity index (χ2v) is 5.23. The van der Waals surface area contributed by atoms with Crippen molar-refractivity contribution in [3.8, 4) is 0 Å². The van der Waals surface area contributed by atoms with Crippen molar-refractivity contribution in [2.75, 3.05) is 20.3 Å². The van der Waals surface area contributed by atoms with E-state index in [9.17, 15) is 4.39 Å². The van der Waals surface area contributed by atoms with E-state index in [-0.39, 0.29) is 5.82 Å². The van der Waals surface area contributed by atoms with Crippen LogP contribution in [0, 0.1) is 5.82 Å². The molecule has 0 aliphatic rings. The third kappa shape index (κ3) is 4.13. The lowest BCUT2D eigenvalue weighted by atomic mass is 10.2. The summed E-state index contributed by atoms with van der Waals surface area (Å²) in [6.45, 7) is 2.78. The second kappa shape index (κ2) is 7.52. The van der Waals surface area contributed by atoms with Crippen molar-refractivity contribution in [1.29, 1.82) is 0 Å². The quantitative estimate of drug-likeness (QED) is 0.786. The maximum atomic E-state index is 13.1. The predicted molar refractivity (Wildman–Crippen MR) is 79.0 cm³/mol. The van der Waals surface area contributed by atoms with Gasteiger partial charge in [-0.2, -0.15) is 0 Å². The zero-order chi connectivity index (χ0) is 14.4. The lowest BCUT2D eigenvalue weighted by Crippen LogP contribution is -2.21. The largest absolute Gasteiger partial charge is 0.383 e. The van der Waals surface area contributed by atoms with Crippen LogP contribution in [0.15, 0.2) is 35.1 Å². The third-order valence-corrected chi connectivity index (χ3v) is 3.66. The normalized spacial score (nSPS) is 10.9. The first-order valence-corrected chi connectivity index (χ1v) is 7.13. The molecular formula is C14H17BrFN3O. The number of benzene rings is 1. The van der Waals surface area contributed by atoms with E-state index >= 15 is 0 Å². The van der Waals surface area contributed by atoms with Gasteiger partial charge in [0.15, 0.2) is 0 Å². The lowest BCUT2D eigenvalue weighted by molar-refractivity contribution is 0.199. The van der Waals surface area contributed by atoms with Gasteiger partial charge in [-0.25, -0.2) is 9.37 Å². The van der Waals surface area contributed by atoms with Crippen molar-refractivity contribution in [3.05, 3.63) is 52.3 Å². The van der Waals surface area contributed by atoms with E-state index in [2.05, 4.69) is 26.2 Å². The van der Waals surface area contributed by atoms with Gasteiger partial charge < -0.3 is 14.6 Å². The van der Waals surface area contributed by atoms with Gasteiger partial charge in [0.05, 0.1) is 13.2 Å². The van der Waals surface area contributed by atoms with Crippen LogP contribution in [0.5, 0.6) is 0 Å². The fourth-order valence-corrected chi connectivity index (χ4v) is 2.34. The monoisotopic (exact) mass is 341 g/mol. The minimum absolute atomic E-state index is 0.243. The molecule has 0 unspecified atom stereocenters. The average molecular weight is 342 g/mol. The average Bonchev–Trinajstić information content (AvgIpc) is 2.85. The van der Waals surface area contributed by atoms with Crippen molar-refractivity contribution in [2.24, 2.45) is 0 Å². The molecule has 0 atom stereocenters. The standard InChI is InChI=1S/C14H17BrFN3O/c1-20-7-5-17-9-14-18-4-6-19(14)10-11-2-3-12(16)8-13(11)15/h2-4,6,8,17H,5,7,9-10H2,1H3. The lowest BCUT2D eigenvalue weighted by Gasteiger charge is -2.10. The highest BCUT2D eigenvalue weighted by atomic mass is 79.9. The zero-order valence-corrected chi connectivity index (χ0v) is 12.9. The third-order valence-electron chi connectivity index (χ3n) is 2.92. The molecule has 0 radical (unpaired) electrons. The summed E-state index contributed by atoms with van der Waals surface area (Å²) in [5, 5.41) is 3.26. The van der Waals surface area contributed by atoms with Crippen LogP contribution in [-0.2, 0) is 17.8 Å². The summed E-state index contributed by atoms with van der Waals surface area (Å²) in [6.07, 6.45) is 3.69. The van der Waals surface area contributed by atoms with E-state index in [0.717, 1.165) is 22.4 Å². The van der Waals surface area contributed by atoms with Crippen molar-refractivity contribution in [3.63, 3.8) is 0 Å². The zero-order valence-electron chi connectivity index (χ0n) is 11.3. The molecule has 4 nitrogen and oxygen atoms in total. The molecule has 0 amide bonds. The van der Waals surface area contributed by atoms with E-state index in [1.165, 1.54) is 12.1 Å². The Morgan fingerprint density at radius 3 is 3.05 bits per heavy atom. The van der Waals surface area contributed by atoms with Crippen LogP contribution in [0.3, 0.4) is 0 Å². The first-order valence-electron chi connectivity index (χ1n) is 6.34. The summed E-state index contributed by atoms with van der Waals surface area (Å²) in [5.41, 5.74) is 1.02. The van der Waals surface area contributed by atoms with Crippen LogP contribution in [0.25, 0.3) is 0 Å². The SMILES string of the molecule is COCCNCc1nccn1Cc1ccc(F)cc1Br. The molecule has 1 N–H and O–H groups in total. The molecule has 0 aliphatic heterocycles. The molecule has 108 valence electrons. The van der Waals surface area contributed by atoms with Gasteiger partial charge in [-0.3, -0.25) is 0 Å². The Morgan fingerprint density at radius 2 is 2.30 bits per heavy atom. The second-order valence-electron chi connectivity index (χ2n) is 4.38. The summed E-state index contributed by atoms with van der Waals surface area (Å²) < 4.78 is 20.9. The molecule has 1 heterocycles. The molecular weight excluding hydrogens is 325 g/mol. The Bertz CT molecular complexity index is 559. The molecule has 1 aromatic carbocycles. The molecule has 20 heavy (non-hydrogen) atoms. The van der Waals surface area contributed by atoms with Crippen molar-refractivity contribution < 1.29 is 9.13 Å². The van der Waals surface area contributed by atoms with Gasteiger partial charge in [-0.15, -0.1) is 0 Å². The summed E-state index contributed by atoms with van der Waals surface area (Å²) in [6, 6.07) is 4.72. The molecule has 2 rings (SSSR count). The minimum Gasteiger partial charge on any atom is -0.383 e. The van der Waals surface area contributed by atoms with Crippen LogP contribution in [0.4, 0.5) is 4.39 Å². The maximum Gasteiger partial charge on any atom is 0.124 e. The van der Waals surface area contributed by atoms with Crippen LogP contribution in [0.2, 0.25) is 0 Å². The molecule has 1 aromatic heterocycles. The molecule has 0 bridgehead atoms. The van der Waals surface area contributed by atoms with Crippen molar-refractivity contribution >= 4 is 15.9 Å². The maximum absolute atomic E-state index is 13.1. The van der Waals surface area contributed by atoms with E-state index in [1.807, 2.05) is 10.8 Å². The number of hydrogen-bond donors (Lipinski definition) is 1. The van der Waals surface area contributed by atoms with Gasteiger partial charge in [0, 0.05) is 37.1 Å². The molecule has 0 saturated carbocycles. The van der Waals surface area contributed by atoms with Crippen molar-refractivity contribution in [1.82, 2.24) is 14.9 Å². The number of hydrogen-bond acceptors (Lipinski definition) is 3. The first kappa shape index (κ1) is 15.2. The number of halogens is 2. The summed E-state index contributed by atoms with van der Waals surface area (Å²) in [7, 11) is 1.68. The predicted octanol–water partition coefficient (Wildman–Crippen LogP) is 2.57. The number of imidazole rings is 1. The van der Waals surface area contributed by atoms with Crippen LogP contribution in [-0.4, -0.2) is 29.8 Å². The summed E-state index contributed by atoms with van der Waals surface area (Å²) in [4.78, 5) is 4.33. The van der Waals surface area contributed by atoms with E-state index < -0.39 is 0 Å². The van der Waals surface area contributed by atoms with Gasteiger partial charge in [-0.05, 0) is 17.7 Å². The van der Waals surface area contributed by atoms with Gasteiger partial charge in [0.2, 0.25) is 0 Å². The fraction of sp³-hybridized carbons (Fsp3) is 0.357. The first-order chi connectivity index (χ1) is 9.70. The highest BCUT2D eigenvalue weighted by molar-refractivity contribution is 9.10. The highest BCUT2D eigenvalue weighted by Crippen LogP contribution is 2.19. The van der Waals surface area contributed by atoms with Gasteiger partial charge in [0.25, 0.3) is 0 Å². The summed E-state index contributed by atoms with van der Waals surface area (Å²) in [5.74, 6) is 0.699. The number of ether oxygens (including phenoxy) is 1. The Balaban J connectivity index is 2.01. The molecule has 6 heteroatoms. The van der Waals surface area contributed by atoms with Crippen LogP contribution >= 0.6 is 15.9 Å². The van der Waals surface area contributed by atoms with Gasteiger partial charge >= 0.3 is 0 Å². The molecule has 0 saturated heterocycles. The summed E-state index contributed by atoms with van der Waals surface area (Å²) >= 11 is 3.38. The van der Waals surface area contributed by atoms with Crippen LogP contribution in [0.1, 0.15) is 11.4 Å². The van der Waals surface area contributed by atoms with E-state index in [1.54, 1.807) is 19.4 Å². The highest BCUT2D eigenvalue weighted by Gasteiger charge is 2.06. The van der Waals surface area contributed by atoms with Crippen LogP contribution < -0.4 is 5.32 Å². The Morgan fingerprint density at radius 1 is 1.45 bits per heavy atom. The number of nitrogens with one attached hydrogen (secondary N) is 1. The van der Waals surface area contributed by atoms with Gasteiger partial charge in [0.1, 0.15) is 11.6 Å².